The Bertz CT molecular complexity index is 731. The third-order valence-corrected chi connectivity index (χ3v) is 5.30. The van der Waals surface area contributed by atoms with E-state index < -0.39 is 8.07 Å². The zero-order chi connectivity index (χ0) is 17.0. The third kappa shape index (κ3) is 4.47. The second kappa shape index (κ2) is 7.34. The van der Waals surface area contributed by atoms with Crippen molar-refractivity contribution in [2.45, 2.75) is 39.3 Å². The predicted molar refractivity (Wildman–Crippen MR) is 94.7 cm³/mol. The maximum absolute atomic E-state index is 9.37. The topological polar surface area (TPSA) is 60.1 Å². The van der Waals surface area contributed by atoms with Gasteiger partial charge in [-0.25, -0.2) is 4.98 Å². The molecule has 0 aliphatic rings. The quantitative estimate of drug-likeness (QED) is 0.424. The number of fused-ring (bicyclic) bond motifs is 1. The molecule has 0 amide bonds. The van der Waals surface area contributed by atoms with Gasteiger partial charge in [-0.1, -0.05) is 31.2 Å². The van der Waals surface area contributed by atoms with Crippen LogP contribution in [0, 0.1) is 11.3 Å². The summed E-state index contributed by atoms with van der Waals surface area (Å²) in [7, 11) is -1.12. The van der Waals surface area contributed by atoms with Crippen LogP contribution in [0.15, 0.2) is 12.3 Å². The Morgan fingerprint density at radius 3 is 2.74 bits per heavy atom. The first-order chi connectivity index (χ1) is 10.9. The molecule has 2 aromatic heterocycles. The van der Waals surface area contributed by atoms with E-state index in [1.807, 2.05) is 11.5 Å². The van der Waals surface area contributed by atoms with Gasteiger partial charge < -0.3 is 14.0 Å². The molecule has 0 saturated carbocycles. The van der Waals surface area contributed by atoms with Gasteiger partial charge in [0.2, 0.25) is 0 Å². The highest BCUT2D eigenvalue weighted by Gasteiger charge is 2.17. The van der Waals surface area contributed by atoms with Crippen molar-refractivity contribution in [2.24, 2.45) is 0 Å². The van der Waals surface area contributed by atoms with Crippen LogP contribution in [0.3, 0.4) is 0 Å². The SMILES string of the molecule is CCOc1cc(Cl)nc2c1c(C#N)cn2COCC[Si](C)(C)C. The Morgan fingerprint density at radius 2 is 2.13 bits per heavy atom. The minimum atomic E-state index is -1.12. The third-order valence-electron chi connectivity index (χ3n) is 3.41. The molecule has 0 aliphatic carbocycles. The molecule has 23 heavy (non-hydrogen) atoms. The van der Waals surface area contributed by atoms with Crippen molar-refractivity contribution in [3.05, 3.63) is 23.0 Å². The average molecular weight is 352 g/mol. The molecule has 5 nitrogen and oxygen atoms in total. The normalized spacial score (nSPS) is 11.7. The van der Waals surface area contributed by atoms with E-state index in [-0.39, 0.29) is 0 Å². The van der Waals surface area contributed by atoms with Crippen molar-refractivity contribution in [2.75, 3.05) is 13.2 Å². The van der Waals surface area contributed by atoms with Crippen LogP contribution in [0.25, 0.3) is 11.0 Å². The molecule has 0 atom stereocenters. The Labute approximate surface area is 142 Å². The van der Waals surface area contributed by atoms with Gasteiger partial charge >= 0.3 is 0 Å². The lowest BCUT2D eigenvalue weighted by Crippen LogP contribution is -2.22. The van der Waals surface area contributed by atoms with Gasteiger partial charge in [-0.2, -0.15) is 5.26 Å². The van der Waals surface area contributed by atoms with E-state index in [9.17, 15) is 5.26 Å². The molecule has 2 heterocycles. The predicted octanol–water partition coefficient (Wildman–Crippen LogP) is 4.27. The van der Waals surface area contributed by atoms with Crippen LogP contribution in [0.1, 0.15) is 12.5 Å². The summed E-state index contributed by atoms with van der Waals surface area (Å²) < 4.78 is 13.2. The zero-order valence-electron chi connectivity index (χ0n) is 14.0. The molecule has 0 radical (unpaired) electrons. The lowest BCUT2D eigenvalue weighted by molar-refractivity contribution is 0.0898. The maximum atomic E-state index is 9.37. The van der Waals surface area contributed by atoms with Crippen molar-refractivity contribution in [3.63, 3.8) is 0 Å². The highest BCUT2D eigenvalue weighted by molar-refractivity contribution is 6.76. The number of nitrogens with zero attached hydrogens (tertiary/aromatic N) is 3. The number of pyridine rings is 1. The lowest BCUT2D eigenvalue weighted by atomic mass is 10.2. The molecular weight excluding hydrogens is 330 g/mol. The van der Waals surface area contributed by atoms with Crippen molar-refractivity contribution in [1.29, 1.82) is 5.26 Å². The standard InChI is InChI=1S/C16H22ClN3O2Si/c1-5-22-13-8-14(17)19-16-15(13)12(9-18)10-20(16)11-21-6-7-23(2,3)4/h8,10H,5-7,11H2,1-4H3. The Balaban J connectivity index is 2.29. The van der Waals surface area contributed by atoms with Gasteiger partial charge in [0.25, 0.3) is 0 Å². The first-order valence-electron chi connectivity index (χ1n) is 7.65. The number of nitriles is 1. The summed E-state index contributed by atoms with van der Waals surface area (Å²) in [5.41, 5.74) is 1.13. The molecule has 0 N–H and O–H groups in total. The van der Waals surface area contributed by atoms with E-state index in [1.165, 1.54) is 0 Å². The highest BCUT2D eigenvalue weighted by atomic mass is 35.5. The minimum absolute atomic E-state index is 0.340. The summed E-state index contributed by atoms with van der Waals surface area (Å²) in [6.45, 7) is 10.4. The van der Waals surface area contributed by atoms with Crippen molar-refractivity contribution in [1.82, 2.24) is 9.55 Å². The summed E-state index contributed by atoms with van der Waals surface area (Å²) in [5, 5.41) is 10.4. The molecule has 0 unspecified atom stereocenters. The average Bonchev–Trinajstić information content (AvgIpc) is 2.81. The van der Waals surface area contributed by atoms with Gasteiger partial charge in [-0.05, 0) is 13.0 Å². The van der Waals surface area contributed by atoms with Crippen molar-refractivity contribution < 1.29 is 9.47 Å². The fraction of sp³-hybridized carbons (Fsp3) is 0.500. The fourth-order valence-corrected chi connectivity index (χ4v) is 3.15. The Hall–Kier alpha value is -1.55. The maximum Gasteiger partial charge on any atom is 0.148 e. The number of hydrogen-bond donors (Lipinski definition) is 0. The number of rotatable bonds is 7. The van der Waals surface area contributed by atoms with E-state index in [1.54, 1.807) is 12.3 Å². The molecular formula is C16H22ClN3O2Si. The molecule has 2 rings (SSSR count). The number of halogens is 1. The van der Waals surface area contributed by atoms with Gasteiger partial charge in [-0.15, -0.1) is 0 Å². The Kier molecular flexibility index (Phi) is 5.68. The number of aromatic nitrogens is 2. The van der Waals surface area contributed by atoms with E-state index in [0.717, 1.165) is 6.04 Å². The molecule has 0 fully saturated rings. The summed E-state index contributed by atoms with van der Waals surface area (Å²) >= 11 is 6.08. The first-order valence-corrected chi connectivity index (χ1v) is 11.7. The van der Waals surface area contributed by atoms with E-state index in [2.05, 4.69) is 30.7 Å². The smallest absolute Gasteiger partial charge is 0.148 e. The van der Waals surface area contributed by atoms with Crippen molar-refractivity contribution >= 4 is 30.7 Å². The minimum Gasteiger partial charge on any atom is -0.493 e. The van der Waals surface area contributed by atoms with E-state index in [4.69, 9.17) is 21.1 Å². The lowest BCUT2D eigenvalue weighted by Gasteiger charge is -2.15. The van der Waals surface area contributed by atoms with Gasteiger partial charge in [0, 0.05) is 26.9 Å². The van der Waals surface area contributed by atoms with E-state index in [0.29, 0.717) is 47.4 Å². The fourth-order valence-electron chi connectivity index (χ4n) is 2.22. The van der Waals surface area contributed by atoms with Crippen LogP contribution in [-0.2, 0) is 11.5 Å². The second-order valence-electron chi connectivity index (χ2n) is 6.55. The zero-order valence-corrected chi connectivity index (χ0v) is 15.8. The molecule has 0 aliphatic heterocycles. The largest absolute Gasteiger partial charge is 0.493 e. The summed E-state index contributed by atoms with van der Waals surface area (Å²) in [5.74, 6) is 0.583. The van der Waals surface area contributed by atoms with Crippen molar-refractivity contribution in [3.8, 4) is 11.8 Å². The van der Waals surface area contributed by atoms with Crippen LogP contribution in [0.2, 0.25) is 30.8 Å². The van der Waals surface area contributed by atoms with Crippen LogP contribution >= 0.6 is 11.6 Å². The molecule has 0 spiro atoms. The Morgan fingerprint density at radius 1 is 1.39 bits per heavy atom. The van der Waals surface area contributed by atoms with Gasteiger partial charge in [0.1, 0.15) is 29.3 Å². The van der Waals surface area contributed by atoms with Crippen LogP contribution in [0.4, 0.5) is 0 Å². The van der Waals surface area contributed by atoms with Gasteiger partial charge in [0.05, 0.1) is 17.6 Å². The molecule has 7 heteroatoms. The molecule has 2 aromatic rings. The summed E-state index contributed by atoms with van der Waals surface area (Å²) in [6.07, 6.45) is 1.74. The number of ether oxygens (including phenoxy) is 2. The van der Waals surface area contributed by atoms with E-state index >= 15 is 0 Å². The van der Waals surface area contributed by atoms with Crippen LogP contribution < -0.4 is 4.74 Å². The van der Waals surface area contributed by atoms with Gasteiger partial charge in [0.15, 0.2) is 0 Å². The van der Waals surface area contributed by atoms with Crippen LogP contribution in [-0.4, -0.2) is 30.8 Å². The molecule has 124 valence electrons. The van der Waals surface area contributed by atoms with Gasteiger partial charge in [-0.3, -0.25) is 0 Å². The second-order valence-corrected chi connectivity index (χ2v) is 12.6. The molecule has 0 aromatic carbocycles. The summed E-state index contributed by atoms with van der Waals surface area (Å²) in [4.78, 5) is 4.34. The molecule has 0 saturated heterocycles. The highest BCUT2D eigenvalue weighted by Crippen LogP contribution is 2.31. The summed E-state index contributed by atoms with van der Waals surface area (Å²) in [6, 6.07) is 4.93. The monoisotopic (exact) mass is 351 g/mol. The first kappa shape index (κ1) is 17.8. The molecule has 0 bridgehead atoms. The number of hydrogen-bond acceptors (Lipinski definition) is 4. The van der Waals surface area contributed by atoms with Crippen LogP contribution in [0.5, 0.6) is 5.75 Å².